The van der Waals surface area contributed by atoms with E-state index in [2.05, 4.69) is 36.7 Å². The first-order valence-corrected chi connectivity index (χ1v) is 5.00. The van der Waals surface area contributed by atoms with Gasteiger partial charge in [-0.2, -0.15) is 10.2 Å². The normalized spacial score (nSPS) is 12.5. The van der Waals surface area contributed by atoms with Crippen molar-refractivity contribution in [3.8, 4) is 0 Å². The molecular formula is C8H17N7S. The molecule has 0 spiro atoms. The molecule has 0 radical (unpaired) electrons. The summed E-state index contributed by atoms with van der Waals surface area (Å²) in [5.74, 6) is 0.572. The van der Waals surface area contributed by atoms with Gasteiger partial charge >= 0.3 is 0 Å². The van der Waals surface area contributed by atoms with Gasteiger partial charge in [0.25, 0.3) is 0 Å². The third kappa shape index (κ3) is 6.71. The van der Waals surface area contributed by atoms with Gasteiger partial charge in [0, 0.05) is 21.1 Å². The van der Waals surface area contributed by atoms with Crippen molar-refractivity contribution >= 4 is 35.2 Å². The summed E-state index contributed by atoms with van der Waals surface area (Å²) in [5.41, 5.74) is 6.02. The fourth-order valence-corrected chi connectivity index (χ4v) is 0.674. The standard InChI is InChI=1S/C8H17N7S/c1-6(13-15-8(16)11-4)5-12-14-7(9-2)10-3/h5H,1-4H3,(H2,9,10,14)(H2,11,15,16). The zero-order valence-corrected chi connectivity index (χ0v) is 10.6. The number of aliphatic imine (C=N–C) groups is 1. The van der Waals surface area contributed by atoms with E-state index in [0.717, 1.165) is 0 Å². The summed E-state index contributed by atoms with van der Waals surface area (Å²) < 4.78 is 0. The molecule has 0 amide bonds. The molecule has 16 heavy (non-hydrogen) atoms. The van der Waals surface area contributed by atoms with Crippen molar-refractivity contribution in [3.63, 3.8) is 0 Å². The first kappa shape index (κ1) is 14.3. The lowest BCUT2D eigenvalue weighted by Crippen LogP contribution is -2.31. The Morgan fingerprint density at radius 2 is 1.88 bits per heavy atom. The number of nitrogens with zero attached hydrogens (tertiary/aromatic N) is 3. The van der Waals surface area contributed by atoms with E-state index in [4.69, 9.17) is 12.2 Å². The van der Waals surface area contributed by atoms with Crippen LogP contribution in [0.4, 0.5) is 0 Å². The lowest BCUT2D eigenvalue weighted by Gasteiger charge is -2.02. The lowest BCUT2D eigenvalue weighted by atomic mass is 10.5. The molecule has 0 saturated carbocycles. The van der Waals surface area contributed by atoms with Crippen LogP contribution in [0.5, 0.6) is 0 Å². The molecule has 8 heteroatoms. The number of guanidine groups is 1. The summed E-state index contributed by atoms with van der Waals surface area (Å²) in [6.07, 6.45) is 1.55. The van der Waals surface area contributed by atoms with Crippen molar-refractivity contribution in [1.82, 2.24) is 21.5 Å². The lowest BCUT2D eigenvalue weighted by molar-refractivity contribution is 0.943. The third-order valence-corrected chi connectivity index (χ3v) is 1.74. The van der Waals surface area contributed by atoms with E-state index in [9.17, 15) is 0 Å². The van der Waals surface area contributed by atoms with Crippen LogP contribution in [0.2, 0.25) is 0 Å². The van der Waals surface area contributed by atoms with Crippen LogP contribution in [0.15, 0.2) is 15.2 Å². The summed E-state index contributed by atoms with van der Waals surface area (Å²) in [5, 5.41) is 13.9. The summed E-state index contributed by atoms with van der Waals surface area (Å²) >= 11 is 4.85. The summed E-state index contributed by atoms with van der Waals surface area (Å²) in [4.78, 5) is 3.89. The van der Waals surface area contributed by atoms with Crippen LogP contribution in [-0.4, -0.2) is 44.1 Å². The molecule has 0 heterocycles. The van der Waals surface area contributed by atoms with Crippen LogP contribution in [0, 0.1) is 0 Å². The molecule has 7 nitrogen and oxygen atoms in total. The molecule has 90 valence electrons. The molecule has 0 aromatic heterocycles. The summed E-state index contributed by atoms with van der Waals surface area (Å²) in [7, 11) is 5.12. The van der Waals surface area contributed by atoms with Crippen LogP contribution in [0.3, 0.4) is 0 Å². The Labute approximate surface area is 100 Å². The quantitative estimate of drug-likeness (QED) is 0.226. The summed E-state index contributed by atoms with van der Waals surface area (Å²) in [6.45, 7) is 1.79. The van der Waals surface area contributed by atoms with Gasteiger partial charge in [-0.1, -0.05) is 0 Å². The van der Waals surface area contributed by atoms with Gasteiger partial charge in [0.2, 0.25) is 5.96 Å². The second-order valence-corrected chi connectivity index (χ2v) is 3.04. The minimum absolute atomic E-state index is 0.451. The van der Waals surface area contributed by atoms with Crippen LogP contribution >= 0.6 is 12.2 Å². The van der Waals surface area contributed by atoms with E-state index in [1.54, 1.807) is 34.3 Å². The summed E-state index contributed by atoms with van der Waals surface area (Å²) in [6, 6.07) is 0. The van der Waals surface area contributed by atoms with E-state index >= 15 is 0 Å². The van der Waals surface area contributed by atoms with Crippen molar-refractivity contribution in [3.05, 3.63) is 0 Å². The second-order valence-electron chi connectivity index (χ2n) is 2.64. The Bertz CT molecular complexity index is 308. The van der Waals surface area contributed by atoms with Gasteiger partial charge in [-0.3, -0.25) is 10.4 Å². The molecule has 0 aromatic carbocycles. The molecule has 4 N–H and O–H groups in total. The van der Waals surface area contributed by atoms with Crippen molar-refractivity contribution in [2.24, 2.45) is 15.2 Å². The number of hydrazone groups is 2. The highest BCUT2D eigenvalue weighted by molar-refractivity contribution is 7.80. The van der Waals surface area contributed by atoms with E-state index in [-0.39, 0.29) is 0 Å². The highest BCUT2D eigenvalue weighted by Gasteiger charge is 1.90. The maximum absolute atomic E-state index is 4.85. The second kappa shape index (κ2) is 8.60. The monoisotopic (exact) mass is 243 g/mol. The number of thiocarbonyl (C=S) groups is 1. The average Bonchev–Trinajstić information content (AvgIpc) is 2.31. The fraction of sp³-hybridized carbons (Fsp3) is 0.500. The van der Waals surface area contributed by atoms with Crippen molar-refractivity contribution in [1.29, 1.82) is 0 Å². The van der Waals surface area contributed by atoms with Crippen molar-refractivity contribution in [2.75, 3.05) is 21.1 Å². The van der Waals surface area contributed by atoms with Crippen LogP contribution < -0.4 is 21.5 Å². The number of hydrogen-bond acceptors (Lipinski definition) is 4. The minimum atomic E-state index is 0.451. The fourth-order valence-electron chi connectivity index (χ4n) is 0.628. The molecule has 0 aliphatic rings. The Morgan fingerprint density at radius 1 is 1.19 bits per heavy atom. The van der Waals surface area contributed by atoms with Gasteiger partial charge in [-0.15, -0.1) is 0 Å². The van der Waals surface area contributed by atoms with Crippen molar-refractivity contribution < 1.29 is 0 Å². The van der Waals surface area contributed by atoms with Gasteiger partial charge in [0.1, 0.15) is 0 Å². The molecule has 0 aliphatic carbocycles. The highest BCUT2D eigenvalue weighted by Crippen LogP contribution is 1.72. The number of nitrogens with one attached hydrogen (secondary N) is 4. The maximum Gasteiger partial charge on any atom is 0.211 e. The Morgan fingerprint density at radius 3 is 2.38 bits per heavy atom. The average molecular weight is 243 g/mol. The highest BCUT2D eigenvalue weighted by atomic mass is 32.1. The maximum atomic E-state index is 4.85. The number of rotatable bonds is 3. The predicted molar refractivity (Wildman–Crippen MR) is 71.9 cm³/mol. The first-order valence-electron chi connectivity index (χ1n) is 4.59. The smallest absolute Gasteiger partial charge is 0.211 e. The topological polar surface area (TPSA) is 85.2 Å². The number of hydrogen-bond donors (Lipinski definition) is 4. The molecular weight excluding hydrogens is 226 g/mol. The predicted octanol–water partition coefficient (Wildman–Crippen LogP) is -0.763. The molecule has 0 atom stereocenters. The molecule has 0 rings (SSSR count). The van der Waals surface area contributed by atoms with Crippen LogP contribution in [0.25, 0.3) is 0 Å². The van der Waals surface area contributed by atoms with Gasteiger partial charge < -0.3 is 10.6 Å². The van der Waals surface area contributed by atoms with E-state index in [0.29, 0.717) is 16.8 Å². The Balaban J connectivity index is 4.08. The SMILES string of the molecule is CN=C(NC)NN=CC(C)=NNC(=S)NC. The first-order chi connectivity index (χ1) is 7.63. The molecule has 0 fully saturated rings. The van der Waals surface area contributed by atoms with E-state index in [1.807, 2.05) is 0 Å². The van der Waals surface area contributed by atoms with E-state index in [1.165, 1.54) is 0 Å². The van der Waals surface area contributed by atoms with Crippen molar-refractivity contribution in [2.45, 2.75) is 6.92 Å². The van der Waals surface area contributed by atoms with Crippen LogP contribution in [0.1, 0.15) is 6.92 Å². The van der Waals surface area contributed by atoms with Gasteiger partial charge in [-0.05, 0) is 19.1 Å². The van der Waals surface area contributed by atoms with Gasteiger partial charge in [-0.25, -0.2) is 5.43 Å². The molecule has 0 aromatic rings. The van der Waals surface area contributed by atoms with Crippen LogP contribution in [-0.2, 0) is 0 Å². The van der Waals surface area contributed by atoms with Gasteiger partial charge in [0.05, 0.1) is 11.9 Å². The molecule has 0 aliphatic heterocycles. The van der Waals surface area contributed by atoms with Gasteiger partial charge in [0.15, 0.2) is 5.11 Å². The molecule has 0 bridgehead atoms. The molecule has 0 unspecified atom stereocenters. The molecule has 0 saturated heterocycles. The van der Waals surface area contributed by atoms with E-state index < -0.39 is 0 Å². The Hall–Kier alpha value is -1.70. The zero-order valence-electron chi connectivity index (χ0n) is 9.83. The zero-order chi connectivity index (χ0) is 12.4. The largest absolute Gasteiger partial charge is 0.364 e. The third-order valence-electron chi connectivity index (χ3n) is 1.44. The minimum Gasteiger partial charge on any atom is -0.364 e. The Kier molecular flexibility index (Phi) is 7.68.